The minimum absolute atomic E-state index is 0.0354. The summed E-state index contributed by atoms with van der Waals surface area (Å²) in [5.41, 5.74) is 2.55. The minimum atomic E-state index is 0.0354. The quantitative estimate of drug-likeness (QED) is 0.850. The average Bonchev–Trinajstić information content (AvgIpc) is 2.74. The van der Waals surface area contributed by atoms with E-state index in [0.717, 1.165) is 16.7 Å². The van der Waals surface area contributed by atoms with Crippen molar-refractivity contribution in [1.82, 2.24) is 0 Å². The fraction of sp³-hybridized carbons (Fsp3) is 0.278. The topological polar surface area (TPSA) is 44.8 Å². The Bertz CT molecular complexity index is 723. The predicted octanol–water partition coefficient (Wildman–Crippen LogP) is 3.30. The van der Waals surface area contributed by atoms with Gasteiger partial charge in [-0.2, -0.15) is 0 Å². The zero-order chi connectivity index (χ0) is 16.1. The molecule has 0 unspecified atom stereocenters. The summed E-state index contributed by atoms with van der Waals surface area (Å²) in [7, 11) is 4.73. The van der Waals surface area contributed by atoms with Gasteiger partial charge in [0.15, 0.2) is 16.9 Å². The summed E-state index contributed by atoms with van der Waals surface area (Å²) in [4.78, 5) is 11.9. The SMILES string of the molecule is CCc1ccc(-c2ccc(OC)c(OC)c2OC)ccc1=O. The van der Waals surface area contributed by atoms with Crippen LogP contribution in [0.3, 0.4) is 0 Å². The van der Waals surface area contributed by atoms with Crippen LogP contribution in [0.15, 0.2) is 41.2 Å². The van der Waals surface area contributed by atoms with E-state index in [1.54, 1.807) is 33.5 Å². The van der Waals surface area contributed by atoms with Crippen LogP contribution in [0.1, 0.15) is 12.5 Å². The minimum Gasteiger partial charge on any atom is -0.493 e. The van der Waals surface area contributed by atoms with Crippen molar-refractivity contribution >= 4 is 0 Å². The summed E-state index contributed by atoms with van der Waals surface area (Å²) in [5.74, 6) is 1.72. The van der Waals surface area contributed by atoms with Crippen molar-refractivity contribution in [2.45, 2.75) is 13.3 Å². The lowest BCUT2D eigenvalue weighted by Gasteiger charge is -2.15. The largest absolute Gasteiger partial charge is 0.493 e. The maximum Gasteiger partial charge on any atom is 0.203 e. The van der Waals surface area contributed by atoms with E-state index in [-0.39, 0.29) is 5.43 Å². The number of hydrogen-bond acceptors (Lipinski definition) is 4. The third kappa shape index (κ3) is 2.91. The fourth-order valence-electron chi connectivity index (χ4n) is 2.40. The molecule has 2 rings (SSSR count). The van der Waals surface area contributed by atoms with Gasteiger partial charge in [0.2, 0.25) is 5.75 Å². The van der Waals surface area contributed by atoms with Gasteiger partial charge < -0.3 is 14.2 Å². The molecule has 0 fully saturated rings. The first-order valence-corrected chi connectivity index (χ1v) is 7.08. The molecular weight excluding hydrogens is 280 g/mol. The Labute approximate surface area is 130 Å². The van der Waals surface area contributed by atoms with Crippen molar-refractivity contribution in [3.05, 3.63) is 52.2 Å². The second kappa shape index (κ2) is 6.98. The Morgan fingerprint density at radius 2 is 1.50 bits per heavy atom. The molecule has 0 aromatic heterocycles. The van der Waals surface area contributed by atoms with Crippen molar-refractivity contribution in [2.75, 3.05) is 21.3 Å². The Hall–Kier alpha value is -2.49. The van der Waals surface area contributed by atoms with Gasteiger partial charge in [0.05, 0.1) is 21.3 Å². The van der Waals surface area contributed by atoms with Crippen molar-refractivity contribution < 1.29 is 14.2 Å². The van der Waals surface area contributed by atoms with Crippen LogP contribution in [-0.2, 0) is 6.42 Å². The van der Waals surface area contributed by atoms with E-state index < -0.39 is 0 Å². The highest BCUT2D eigenvalue weighted by molar-refractivity contribution is 5.76. The summed E-state index contributed by atoms with van der Waals surface area (Å²) >= 11 is 0. The predicted molar refractivity (Wildman–Crippen MR) is 87.2 cm³/mol. The first-order valence-electron chi connectivity index (χ1n) is 7.08. The average molecular weight is 300 g/mol. The Morgan fingerprint density at radius 1 is 0.818 bits per heavy atom. The van der Waals surface area contributed by atoms with Gasteiger partial charge in [-0.25, -0.2) is 0 Å². The number of hydrogen-bond donors (Lipinski definition) is 0. The van der Waals surface area contributed by atoms with E-state index in [1.165, 1.54) is 0 Å². The van der Waals surface area contributed by atoms with Crippen LogP contribution >= 0.6 is 0 Å². The summed E-state index contributed by atoms with van der Waals surface area (Å²) in [6.45, 7) is 1.97. The third-order valence-corrected chi connectivity index (χ3v) is 3.59. The molecule has 0 bridgehead atoms. The van der Waals surface area contributed by atoms with Gasteiger partial charge in [-0.3, -0.25) is 4.79 Å². The van der Waals surface area contributed by atoms with E-state index >= 15 is 0 Å². The summed E-state index contributed by atoms with van der Waals surface area (Å²) in [5, 5.41) is 0. The molecule has 2 aromatic rings. The zero-order valence-electron chi connectivity index (χ0n) is 13.3. The van der Waals surface area contributed by atoms with Crippen LogP contribution in [0.5, 0.6) is 17.2 Å². The molecule has 4 heteroatoms. The van der Waals surface area contributed by atoms with Crippen LogP contribution in [-0.4, -0.2) is 21.3 Å². The molecule has 0 aliphatic rings. The van der Waals surface area contributed by atoms with Crippen molar-refractivity contribution in [2.24, 2.45) is 0 Å². The van der Waals surface area contributed by atoms with E-state index in [9.17, 15) is 4.79 Å². The fourth-order valence-corrected chi connectivity index (χ4v) is 2.40. The van der Waals surface area contributed by atoms with Gasteiger partial charge >= 0.3 is 0 Å². The van der Waals surface area contributed by atoms with Gasteiger partial charge in [0.25, 0.3) is 0 Å². The van der Waals surface area contributed by atoms with Crippen LogP contribution in [0.4, 0.5) is 0 Å². The highest BCUT2D eigenvalue weighted by atomic mass is 16.5. The molecule has 0 heterocycles. The molecule has 0 aliphatic heterocycles. The number of ether oxygens (including phenoxy) is 3. The smallest absolute Gasteiger partial charge is 0.203 e. The van der Waals surface area contributed by atoms with Crippen LogP contribution < -0.4 is 19.6 Å². The van der Waals surface area contributed by atoms with Crippen molar-refractivity contribution in [3.8, 4) is 28.4 Å². The highest BCUT2D eigenvalue weighted by Gasteiger charge is 2.16. The molecule has 0 spiro atoms. The molecule has 0 atom stereocenters. The Morgan fingerprint density at radius 3 is 2.09 bits per heavy atom. The van der Waals surface area contributed by atoms with Crippen molar-refractivity contribution in [1.29, 1.82) is 0 Å². The lowest BCUT2D eigenvalue weighted by molar-refractivity contribution is 0.325. The van der Waals surface area contributed by atoms with Gasteiger partial charge in [-0.1, -0.05) is 25.1 Å². The second-order valence-corrected chi connectivity index (χ2v) is 4.75. The second-order valence-electron chi connectivity index (χ2n) is 4.75. The highest BCUT2D eigenvalue weighted by Crippen LogP contribution is 2.43. The molecule has 0 saturated heterocycles. The normalized spacial score (nSPS) is 10.2. The molecule has 116 valence electrons. The van der Waals surface area contributed by atoms with E-state index in [0.29, 0.717) is 23.7 Å². The van der Waals surface area contributed by atoms with Gasteiger partial charge in [0, 0.05) is 5.56 Å². The third-order valence-electron chi connectivity index (χ3n) is 3.59. The Balaban J connectivity index is 2.67. The lowest BCUT2D eigenvalue weighted by atomic mass is 10.1. The Kier molecular flexibility index (Phi) is 5.04. The lowest BCUT2D eigenvalue weighted by Crippen LogP contribution is -2.01. The van der Waals surface area contributed by atoms with Gasteiger partial charge in [0.1, 0.15) is 0 Å². The first-order chi connectivity index (χ1) is 10.7. The standard InChI is InChI=1S/C18H20O4/c1-5-12-6-7-13(8-10-15(12)19)14-9-11-16(20-2)18(22-4)17(14)21-3/h6-11H,5H2,1-4H3. The van der Waals surface area contributed by atoms with E-state index in [2.05, 4.69) is 0 Å². The van der Waals surface area contributed by atoms with Crippen LogP contribution in [0.25, 0.3) is 11.1 Å². The molecule has 4 nitrogen and oxygen atoms in total. The molecule has 22 heavy (non-hydrogen) atoms. The van der Waals surface area contributed by atoms with Gasteiger partial charge in [-0.05, 0) is 35.7 Å². The van der Waals surface area contributed by atoms with E-state index in [4.69, 9.17) is 14.2 Å². The summed E-state index contributed by atoms with van der Waals surface area (Å²) in [6.07, 6.45) is 0.704. The number of methoxy groups -OCH3 is 3. The maximum atomic E-state index is 11.9. The molecule has 0 saturated carbocycles. The van der Waals surface area contributed by atoms with E-state index in [1.807, 2.05) is 31.2 Å². The van der Waals surface area contributed by atoms with Gasteiger partial charge in [-0.15, -0.1) is 0 Å². The summed E-state index contributed by atoms with van der Waals surface area (Å²) in [6, 6.07) is 10.9. The molecule has 0 radical (unpaired) electrons. The maximum absolute atomic E-state index is 11.9. The van der Waals surface area contributed by atoms with Crippen molar-refractivity contribution in [3.63, 3.8) is 0 Å². The monoisotopic (exact) mass is 300 g/mol. The number of aryl methyl sites for hydroxylation is 1. The molecular formula is C18H20O4. The van der Waals surface area contributed by atoms with Crippen LogP contribution in [0, 0.1) is 0 Å². The zero-order valence-corrected chi connectivity index (χ0v) is 13.3. The van der Waals surface area contributed by atoms with Crippen LogP contribution in [0.2, 0.25) is 0 Å². The summed E-state index contributed by atoms with van der Waals surface area (Å²) < 4.78 is 16.2. The molecule has 0 amide bonds. The number of rotatable bonds is 5. The molecule has 0 N–H and O–H groups in total. The molecule has 2 aromatic carbocycles. The number of benzene rings is 1. The first kappa shape index (κ1) is 15.9. The molecule has 0 aliphatic carbocycles.